The lowest BCUT2D eigenvalue weighted by atomic mass is 10.2. The van der Waals surface area contributed by atoms with Crippen LogP contribution in [0.4, 0.5) is 0 Å². The first-order valence-electron chi connectivity index (χ1n) is 6.47. The van der Waals surface area contributed by atoms with Crippen LogP contribution < -0.4 is 0 Å². The summed E-state index contributed by atoms with van der Waals surface area (Å²) >= 11 is 0. The zero-order valence-electron chi connectivity index (χ0n) is 10.8. The van der Waals surface area contributed by atoms with Crippen LogP contribution in [0.1, 0.15) is 13.0 Å². The Morgan fingerprint density at radius 2 is 1.83 bits per heavy atom. The lowest BCUT2D eigenvalue weighted by Crippen LogP contribution is -2.50. The molecular weight excluding hydrogens is 230 g/mol. The summed E-state index contributed by atoms with van der Waals surface area (Å²) in [6.45, 7) is 6.04. The number of aliphatic hydroxyl groups excluding tert-OH is 1. The molecule has 1 amide bonds. The van der Waals surface area contributed by atoms with E-state index in [1.54, 1.807) is 0 Å². The van der Waals surface area contributed by atoms with Gasteiger partial charge >= 0.3 is 0 Å². The molecule has 100 valence electrons. The Morgan fingerprint density at radius 3 is 2.39 bits per heavy atom. The highest BCUT2D eigenvalue weighted by Gasteiger charge is 2.24. The second-order valence-electron chi connectivity index (χ2n) is 4.70. The Balaban J connectivity index is 1.87. The van der Waals surface area contributed by atoms with Gasteiger partial charge in [-0.25, -0.2) is 0 Å². The highest BCUT2D eigenvalue weighted by molar-refractivity contribution is 5.80. The predicted molar refractivity (Wildman–Crippen MR) is 69.2 cm³/mol. The second kappa shape index (κ2) is 6.02. The Morgan fingerprint density at radius 1 is 1.22 bits per heavy atom. The van der Waals surface area contributed by atoms with Crippen molar-refractivity contribution >= 4 is 5.91 Å². The van der Waals surface area contributed by atoms with Crippen LogP contribution in [0.3, 0.4) is 0 Å². The Hall–Kier alpha value is -1.33. The normalized spacial score (nSPS) is 18.9. The van der Waals surface area contributed by atoms with E-state index >= 15 is 0 Å². The molecule has 1 N–H and O–H groups in total. The molecule has 0 radical (unpaired) electrons. The van der Waals surface area contributed by atoms with Crippen molar-refractivity contribution in [1.29, 1.82) is 0 Å². The van der Waals surface area contributed by atoms with Crippen molar-refractivity contribution in [3.8, 4) is 0 Å². The van der Waals surface area contributed by atoms with Gasteiger partial charge in [-0.05, 0) is 19.1 Å². The van der Waals surface area contributed by atoms with Crippen LogP contribution in [-0.2, 0) is 4.79 Å². The van der Waals surface area contributed by atoms with E-state index in [-0.39, 0.29) is 18.6 Å². The summed E-state index contributed by atoms with van der Waals surface area (Å²) in [7, 11) is 0. The van der Waals surface area contributed by atoms with Gasteiger partial charge in [0.2, 0.25) is 5.91 Å². The Kier molecular flexibility index (Phi) is 4.38. The van der Waals surface area contributed by atoms with Crippen molar-refractivity contribution in [3.05, 3.63) is 24.5 Å². The fourth-order valence-corrected chi connectivity index (χ4v) is 2.33. The third kappa shape index (κ3) is 2.91. The second-order valence-corrected chi connectivity index (χ2v) is 4.70. The highest BCUT2D eigenvalue weighted by atomic mass is 16.3. The number of aromatic nitrogens is 1. The van der Waals surface area contributed by atoms with E-state index in [2.05, 4.69) is 4.90 Å². The summed E-state index contributed by atoms with van der Waals surface area (Å²) in [6.07, 6.45) is 3.84. The Bertz CT molecular complexity index is 370. The van der Waals surface area contributed by atoms with Gasteiger partial charge in [-0.2, -0.15) is 0 Å². The number of carbonyl (C=O) groups is 1. The van der Waals surface area contributed by atoms with Crippen LogP contribution in [-0.4, -0.2) is 64.7 Å². The van der Waals surface area contributed by atoms with Gasteiger partial charge in [-0.3, -0.25) is 9.69 Å². The molecule has 18 heavy (non-hydrogen) atoms. The van der Waals surface area contributed by atoms with Crippen LogP contribution in [0.2, 0.25) is 0 Å². The summed E-state index contributed by atoms with van der Waals surface area (Å²) in [6, 6.07) is 3.73. The van der Waals surface area contributed by atoms with Crippen molar-refractivity contribution < 1.29 is 9.90 Å². The average molecular weight is 251 g/mol. The molecule has 1 aromatic heterocycles. The first kappa shape index (κ1) is 13.1. The maximum atomic E-state index is 12.3. The minimum absolute atomic E-state index is 0.135. The predicted octanol–water partition coefficient (Wildman–Crippen LogP) is 0.186. The van der Waals surface area contributed by atoms with E-state index in [0.29, 0.717) is 6.54 Å². The first-order valence-corrected chi connectivity index (χ1v) is 6.47. The number of hydrogen-bond acceptors (Lipinski definition) is 3. The first-order chi connectivity index (χ1) is 8.72. The summed E-state index contributed by atoms with van der Waals surface area (Å²) in [5, 5.41) is 8.88. The van der Waals surface area contributed by atoms with Crippen LogP contribution in [0.5, 0.6) is 0 Å². The number of nitrogens with zero attached hydrogens (tertiary/aromatic N) is 3. The molecule has 5 heteroatoms. The molecule has 1 fully saturated rings. The van der Waals surface area contributed by atoms with Gasteiger partial charge in [0.05, 0.1) is 6.61 Å². The summed E-state index contributed by atoms with van der Waals surface area (Å²) in [5.74, 6) is 0.176. The largest absolute Gasteiger partial charge is 0.395 e. The zero-order valence-corrected chi connectivity index (χ0v) is 10.8. The molecule has 1 saturated heterocycles. The van der Waals surface area contributed by atoms with Crippen LogP contribution >= 0.6 is 0 Å². The number of rotatable bonds is 4. The standard InChI is InChI=1S/C13H21N3O2/c1-12(15-4-2-3-5-15)13(18)16-8-6-14(7-9-16)10-11-17/h2-5,12,17H,6-11H2,1H3. The molecular formula is C13H21N3O2. The third-order valence-corrected chi connectivity index (χ3v) is 3.53. The molecule has 0 saturated carbocycles. The maximum absolute atomic E-state index is 12.3. The molecule has 1 atom stereocenters. The van der Waals surface area contributed by atoms with Crippen LogP contribution in [0.25, 0.3) is 0 Å². The molecule has 2 rings (SSSR count). The van der Waals surface area contributed by atoms with Gasteiger partial charge in [-0.15, -0.1) is 0 Å². The quantitative estimate of drug-likeness (QED) is 0.831. The van der Waals surface area contributed by atoms with Gasteiger partial charge < -0.3 is 14.6 Å². The monoisotopic (exact) mass is 251 g/mol. The lowest BCUT2D eigenvalue weighted by molar-refractivity contribution is -0.136. The summed E-state index contributed by atoms with van der Waals surface area (Å²) in [5.41, 5.74) is 0. The van der Waals surface area contributed by atoms with E-state index in [1.165, 1.54) is 0 Å². The minimum Gasteiger partial charge on any atom is -0.395 e. The van der Waals surface area contributed by atoms with Crippen LogP contribution in [0.15, 0.2) is 24.5 Å². The average Bonchev–Trinajstić information content (AvgIpc) is 2.92. The summed E-state index contributed by atoms with van der Waals surface area (Å²) in [4.78, 5) is 16.4. The molecule has 5 nitrogen and oxygen atoms in total. The van der Waals surface area contributed by atoms with Gasteiger partial charge in [0.15, 0.2) is 0 Å². The molecule has 0 bridgehead atoms. The zero-order chi connectivity index (χ0) is 13.0. The van der Waals surface area contributed by atoms with E-state index in [0.717, 1.165) is 26.2 Å². The minimum atomic E-state index is -0.135. The summed E-state index contributed by atoms with van der Waals surface area (Å²) < 4.78 is 1.93. The van der Waals surface area contributed by atoms with Crippen molar-refractivity contribution in [3.63, 3.8) is 0 Å². The number of aliphatic hydroxyl groups is 1. The van der Waals surface area contributed by atoms with E-state index in [9.17, 15) is 4.79 Å². The number of carbonyl (C=O) groups excluding carboxylic acids is 1. The van der Waals surface area contributed by atoms with Crippen LogP contribution in [0, 0.1) is 0 Å². The molecule has 1 aliphatic heterocycles. The van der Waals surface area contributed by atoms with Gasteiger partial charge in [-0.1, -0.05) is 0 Å². The Labute approximate surface area is 108 Å². The molecule has 2 heterocycles. The molecule has 0 aliphatic carbocycles. The maximum Gasteiger partial charge on any atom is 0.245 e. The molecule has 1 unspecified atom stereocenters. The van der Waals surface area contributed by atoms with E-state index in [1.807, 2.05) is 40.9 Å². The van der Waals surface area contributed by atoms with Crippen molar-refractivity contribution in [2.24, 2.45) is 0 Å². The fraction of sp³-hybridized carbons (Fsp3) is 0.615. The highest BCUT2D eigenvalue weighted by Crippen LogP contribution is 2.12. The van der Waals surface area contributed by atoms with Crippen molar-refractivity contribution in [2.75, 3.05) is 39.3 Å². The third-order valence-electron chi connectivity index (χ3n) is 3.53. The molecule has 0 aromatic carbocycles. The number of amides is 1. The fourth-order valence-electron chi connectivity index (χ4n) is 2.33. The molecule has 1 aliphatic rings. The number of β-amino-alcohol motifs (C(OH)–C–C–N with tert-alkyl or cyclic N) is 1. The van der Waals surface area contributed by atoms with Gasteiger partial charge in [0.1, 0.15) is 6.04 Å². The lowest BCUT2D eigenvalue weighted by Gasteiger charge is -2.35. The number of piperazine rings is 1. The number of hydrogen-bond donors (Lipinski definition) is 1. The van der Waals surface area contributed by atoms with Gasteiger partial charge in [0, 0.05) is 45.1 Å². The van der Waals surface area contributed by atoms with E-state index < -0.39 is 0 Å². The van der Waals surface area contributed by atoms with Gasteiger partial charge in [0.25, 0.3) is 0 Å². The van der Waals surface area contributed by atoms with Crippen molar-refractivity contribution in [1.82, 2.24) is 14.4 Å². The topological polar surface area (TPSA) is 48.7 Å². The van der Waals surface area contributed by atoms with Crippen molar-refractivity contribution in [2.45, 2.75) is 13.0 Å². The molecule has 0 spiro atoms. The van der Waals surface area contributed by atoms with E-state index in [4.69, 9.17) is 5.11 Å². The smallest absolute Gasteiger partial charge is 0.245 e. The SMILES string of the molecule is CC(C(=O)N1CCN(CCO)CC1)n1cccc1. The molecule has 1 aromatic rings.